The van der Waals surface area contributed by atoms with Gasteiger partial charge in [-0.2, -0.15) is 0 Å². The lowest BCUT2D eigenvalue weighted by atomic mass is 9.93. The molecular weight excluding hydrogens is 463 g/mol. The smallest absolute Gasteiger partial charge is 0.339 e. The van der Waals surface area contributed by atoms with Crippen LogP contribution in [0, 0.1) is 12.7 Å². The van der Waals surface area contributed by atoms with E-state index in [9.17, 15) is 14.3 Å². The molecule has 0 amide bonds. The first-order chi connectivity index (χ1) is 15.9. The second-order valence-electron chi connectivity index (χ2n) is 8.75. The third-order valence-electron chi connectivity index (χ3n) is 6.66. The molecule has 0 bridgehead atoms. The fraction of sp³-hybridized carbons (Fsp3) is 0.400. The number of benzene rings is 2. The summed E-state index contributed by atoms with van der Waals surface area (Å²) < 4.78 is 21.5. The fourth-order valence-electron chi connectivity index (χ4n) is 4.75. The number of carbonyl (C=O) groups is 1. The Morgan fingerprint density at radius 2 is 2.15 bits per heavy atom. The molecule has 33 heavy (non-hydrogen) atoms. The molecule has 5 rings (SSSR count). The Balaban J connectivity index is 1.50. The van der Waals surface area contributed by atoms with E-state index in [0.717, 1.165) is 16.1 Å². The van der Waals surface area contributed by atoms with Gasteiger partial charge in [-0.3, -0.25) is 0 Å². The van der Waals surface area contributed by atoms with E-state index >= 15 is 0 Å². The van der Waals surface area contributed by atoms with E-state index < -0.39 is 5.97 Å². The average molecular weight is 489 g/mol. The van der Waals surface area contributed by atoms with Crippen molar-refractivity contribution in [1.29, 1.82) is 0 Å². The van der Waals surface area contributed by atoms with Gasteiger partial charge in [-0.05, 0) is 38.0 Å². The van der Waals surface area contributed by atoms with Crippen LogP contribution < -0.4 is 10.2 Å². The largest absolute Gasteiger partial charge is 0.478 e. The fourth-order valence-corrected chi connectivity index (χ4v) is 6.17. The molecule has 2 heterocycles. The van der Waals surface area contributed by atoms with Crippen LogP contribution in [0.25, 0.3) is 21.2 Å². The number of nitrogens with zero attached hydrogens (tertiary/aromatic N) is 1. The van der Waals surface area contributed by atoms with Crippen molar-refractivity contribution in [2.75, 3.05) is 31.1 Å². The van der Waals surface area contributed by atoms with E-state index in [1.807, 2.05) is 24.0 Å². The maximum atomic E-state index is 14.7. The molecule has 1 saturated carbocycles. The van der Waals surface area contributed by atoms with Crippen LogP contribution in [0.5, 0.6) is 0 Å². The summed E-state index contributed by atoms with van der Waals surface area (Å²) >= 11 is 8.22. The van der Waals surface area contributed by atoms with E-state index in [1.165, 1.54) is 36.7 Å². The first-order valence-electron chi connectivity index (χ1n) is 11.3. The molecule has 2 N–H and O–H groups in total. The number of thiophene rings is 1. The number of rotatable bonds is 6. The van der Waals surface area contributed by atoms with Crippen molar-refractivity contribution < 1.29 is 19.0 Å². The van der Waals surface area contributed by atoms with Gasteiger partial charge in [-0.1, -0.05) is 30.2 Å². The van der Waals surface area contributed by atoms with Gasteiger partial charge >= 0.3 is 5.97 Å². The molecule has 8 heteroatoms. The van der Waals surface area contributed by atoms with Crippen molar-refractivity contribution in [2.24, 2.45) is 0 Å². The van der Waals surface area contributed by atoms with Crippen LogP contribution in [-0.2, 0) is 4.74 Å². The van der Waals surface area contributed by atoms with Gasteiger partial charge in [-0.25, -0.2) is 9.18 Å². The molecule has 2 aromatic carbocycles. The molecule has 1 saturated heterocycles. The van der Waals surface area contributed by atoms with Gasteiger partial charge in [0, 0.05) is 51.8 Å². The summed E-state index contributed by atoms with van der Waals surface area (Å²) in [4.78, 5) is 15.3. The Hall–Kier alpha value is -2.19. The van der Waals surface area contributed by atoms with E-state index in [0.29, 0.717) is 47.9 Å². The third kappa shape index (κ3) is 4.23. The average Bonchev–Trinajstić information content (AvgIpc) is 3.09. The number of aromatic carboxylic acids is 1. The van der Waals surface area contributed by atoms with E-state index in [2.05, 4.69) is 5.32 Å². The number of carboxylic acid groups (broad SMARTS) is 1. The number of ether oxygens (including phenoxy) is 1. The molecular formula is C25H26ClFN2O3S. The number of morpholine rings is 1. The van der Waals surface area contributed by atoms with Crippen molar-refractivity contribution >= 4 is 44.7 Å². The van der Waals surface area contributed by atoms with Gasteiger partial charge in [0.2, 0.25) is 0 Å². The van der Waals surface area contributed by atoms with Gasteiger partial charge in [0.05, 0.1) is 23.4 Å². The highest BCUT2D eigenvalue weighted by Gasteiger charge is 2.29. The minimum Gasteiger partial charge on any atom is -0.478 e. The predicted octanol–water partition coefficient (Wildman–Crippen LogP) is 5.71. The van der Waals surface area contributed by atoms with Crippen LogP contribution in [0.2, 0.25) is 5.02 Å². The van der Waals surface area contributed by atoms with Gasteiger partial charge in [-0.15, -0.1) is 11.3 Å². The normalized spacial score (nSPS) is 19.1. The maximum absolute atomic E-state index is 14.7. The van der Waals surface area contributed by atoms with Crippen LogP contribution in [0.4, 0.5) is 10.1 Å². The number of hydrogen-bond donors (Lipinski definition) is 2. The quantitative estimate of drug-likeness (QED) is 0.465. The van der Waals surface area contributed by atoms with Crippen LogP contribution in [0.1, 0.15) is 34.5 Å². The number of nitrogens with one attached hydrogen (secondary N) is 1. The molecule has 174 valence electrons. The highest BCUT2D eigenvalue weighted by molar-refractivity contribution is 7.19. The van der Waals surface area contributed by atoms with Crippen LogP contribution in [0.3, 0.4) is 0 Å². The Labute approximate surface area is 201 Å². The summed E-state index contributed by atoms with van der Waals surface area (Å²) in [7, 11) is 0. The van der Waals surface area contributed by atoms with E-state index in [-0.39, 0.29) is 22.5 Å². The maximum Gasteiger partial charge on any atom is 0.339 e. The highest BCUT2D eigenvalue weighted by atomic mass is 35.5. The number of fused-ring (bicyclic) bond motifs is 1. The van der Waals surface area contributed by atoms with E-state index in [1.54, 1.807) is 12.1 Å². The lowest BCUT2D eigenvalue weighted by molar-refractivity contribution is 0.0370. The molecule has 1 atom stereocenters. The standard InChI is InChI=1S/C25H26ClFN2O3S/c1-14-21(22-18(27)6-3-7-20(22)33-14)17-8-9-19(23(24(17)26)25(30)31)29-10-11-32-16(13-29)12-28-15-4-2-5-15/h3,6-9,15-16,28H,2,4-5,10-13H2,1H3,(H,30,31)/t16-/m1/s1. The number of carboxylic acids is 1. The first kappa shape index (κ1) is 22.6. The lowest BCUT2D eigenvalue weighted by Gasteiger charge is -2.37. The zero-order valence-corrected chi connectivity index (χ0v) is 19.9. The zero-order chi connectivity index (χ0) is 23.1. The number of aryl methyl sites for hydroxylation is 1. The Bertz CT molecular complexity index is 1210. The predicted molar refractivity (Wildman–Crippen MR) is 132 cm³/mol. The minimum atomic E-state index is -1.09. The monoisotopic (exact) mass is 488 g/mol. The Morgan fingerprint density at radius 1 is 1.33 bits per heavy atom. The summed E-state index contributed by atoms with van der Waals surface area (Å²) in [6.45, 7) is 4.35. The summed E-state index contributed by atoms with van der Waals surface area (Å²) in [6, 6.07) is 9.16. The molecule has 0 radical (unpaired) electrons. The third-order valence-corrected chi connectivity index (χ3v) is 8.13. The molecule has 1 aromatic heterocycles. The molecule has 2 aliphatic rings. The second-order valence-corrected chi connectivity index (χ2v) is 10.4. The van der Waals surface area contributed by atoms with Crippen LogP contribution in [0.15, 0.2) is 30.3 Å². The number of halogens is 2. The summed E-state index contributed by atoms with van der Waals surface area (Å²) in [5, 5.41) is 14.3. The summed E-state index contributed by atoms with van der Waals surface area (Å²) in [6.07, 6.45) is 3.66. The van der Waals surface area contributed by atoms with Crippen molar-refractivity contribution in [3.63, 3.8) is 0 Å². The Kier molecular flexibility index (Phi) is 6.31. The first-order valence-corrected chi connectivity index (χ1v) is 12.5. The number of hydrogen-bond acceptors (Lipinski definition) is 5. The summed E-state index contributed by atoms with van der Waals surface area (Å²) in [5.74, 6) is -1.43. The molecule has 1 aliphatic carbocycles. The van der Waals surface area contributed by atoms with Crippen molar-refractivity contribution in [1.82, 2.24) is 5.32 Å². The molecule has 1 aliphatic heterocycles. The van der Waals surface area contributed by atoms with Crippen molar-refractivity contribution in [3.05, 3.63) is 51.6 Å². The topological polar surface area (TPSA) is 61.8 Å². The van der Waals surface area contributed by atoms with Gasteiger partial charge in [0.1, 0.15) is 11.4 Å². The SMILES string of the molecule is Cc1sc2cccc(F)c2c1-c1ccc(N2CCO[C@H](CNC3CCC3)C2)c(C(=O)O)c1Cl. The molecule has 3 aromatic rings. The zero-order valence-electron chi connectivity index (χ0n) is 18.4. The van der Waals surface area contributed by atoms with Crippen molar-refractivity contribution in [3.8, 4) is 11.1 Å². The minimum absolute atomic E-state index is 0.0170. The second kappa shape index (κ2) is 9.22. The lowest BCUT2D eigenvalue weighted by Crippen LogP contribution is -2.49. The molecule has 2 fully saturated rings. The van der Waals surface area contributed by atoms with Crippen molar-refractivity contribution in [2.45, 2.75) is 38.3 Å². The van der Waals surface area contributed by atoms with E-state index in [4.69, 9.17) is 16.3 Å². The Morgan fingerprint density at radius 3 is 2.88 bits per heavy atom. The molecule has 5 nitrogen and oxygen atoms in total. The van der Waals surface area contributed by atoms with Gasteiger partial charge in [0.25, 0.3) is 0 Å². The molecule has 0 spiro atoms. The van der Waals surface area contributed by atoms with Crippen LogP contribution in [-0.4, -0.2) is 49.5 Å². The van der Waals surface area contributed by atoms with Crippen LogP contribution >= 0.6 is 22.9 Å². The molecule has 0 unspecified atom stereocenters. The summed E-state index contributed by atoms with van der Waals surface area (Å²) in [5.41, 5.74) is 1.84. The number of anilines is 1. The van der Waals surface area contributed by atoms with Gasteiger partial charge in [0.15, 0.2) is 0 Å². The van der Waals surface area contributed by atoms with Gasteiger partial charge < -0.3 is 20.1 Å². The highest BCUT2D eigenvalue weighted by Crippen LogP contribution is 2.45.